The maximum Gasteiger partial charge on any atom is 0.318 e. The highest BCUT2D eigenvalue weighted by Crippen LogP contribution is 2.38. The molecule has 0 saturated heterocycles. The van der Waals surface area contributed by atoms with Crippen molar-refractivity contribution in [3.63, 3.8) is 0 Å². The minimum Gasteiger partial charge on any atom is -0.382 e. The molecule has 2 aromatic rings. The van der Waals surface area contributed by atoms with E-state index in [1.165, 1.54) is 16.9 Å². The van der Waals surface area contributed by atoms with E-state index in [9.17, 15) is 9.59 Å². The lowest BCUT2D eigenvalue weighted by Crippen LogP contribution is -2.51. The molecule has 1 N–H and O–H groups in total. The number of hydrogen-bond donors (Lipinski definition) is 1. The highest BCUT2D eigenvalue weighted by molar-refractivity contribution is 7.10. The van der Waals surface area contributed by atoms with Gasteiger partial charge in [-0.15, -0.1) is 11.3 Å². The van der Waals surface area contributed by atoms with Crippen molar-refractivity contribution in [2.24, 2.45) is 0 Å². The number of rotatable bonds is 9. The summed E-state index contributed by atoms with van der Waals surface area (Å²) in [4.78, 5) is 31.9. The van der Waals surface area contributed by atoms with Crippen molar-refractivity contribution in [1.82, 2.24) is 15.1 Å². The molecule has 3 amide bonds. The maximum atomic E-state index is 13.7. The fourth-order valence-corrected chi connectivity index (χ4v) is 6.14. The van der Waals surface area contributed by atoms with E-state index in [2.05, 4.69) is 16.8 Å². The van der Waals surface area contributed by atoms with Crippen LogP contribution in [0.4, 0.5) is 4.79 Å². The zero-order chi connectivity index (χ0) is 24.6. The standard InChI is InChI=1S/C27H36ClN3O3S/c1-2-34-17-6-15-30(27(33)29-22-7-4-3-5-8-22)19-25(32)31-16-13-24-23(14-18-35-24)26(31)20-9-11-21(28)12-10-20/h9-12,14,18,22,26H,2-8,13,15-17,19H2,1H3,(H,29,33). The van der Waals surface area contributed by atoms with E-state index in [-0.39, 0.29) is 30.6 Å². The zero-order valence-electron chi connectivity index (χ0n) is 20.5. The summed E-state index contributed by atoms with van der Waals surface area (Å²) in [6.07, 6.45) is 7.09. The number of urea groups is 1. The van der Waals surface area contributed by atoms with E-state index in [0.29, 0.717) is 37.7 Å². The van der Waals surface area contributed by atoms with Crippen LogP contribution in [0.15, 0.2) is 35.7 Å². The van der Waals surface area contributed by atoms with Crippen LogP contribution >= 0.6 is 22.9 Å². The Morgan fingerprint density at radius 1 is 1.17 bits per heavy atom. The second-order valence-corrected chi connectivity index (χ2v) is 10.8. The van der Waals surface area contributed by atoms with Gasteiger partial charge in [0.2, 0.25) is 5.91 Å². The Kier molecular flexibility index (Phi) is 9.46. The molecular weight excluding hydrogens is 482 g/mol. The van der Waals surface area contributed by atoms with Gasteiger partial charge in [-0.3, -0.25) is 4.79 Å². The van der Waals surface area contributed by atoms with Gasteiger partial charge in [-0.1, -0.05) is 43.0 Å². The Morgan fingerprint density at radius 3 is 2.69 bits per heavy atom. The van der Waals surface area contributed by atoms with Crippen LogP contribution in [0.3, 0.4) is 0 Å². The Labute approximate surface area is 217 Å². The highest BCUT2D eigenvalue weighted by atomic mass is 35.5. The van der Waals surface area contributed by atoms with E-state index >= 15 is 0 Å². The number of nitrogens with one attached hydrogen (secondary N) is 1. The van der Waals surface area contributed by atoms with E-state index in [0.717, 1.165) is 37.7 Å². The molecule has 1 atom stereocenters. The van der Waals surface area contributed by atoms with Gasteiger partial charge in [0, 0.05) is 42.2 Å². The lowest BCUT2D eigenvalue weighted by Gasteiger charge is -2.38. The number of benzene rings is 1. The van der Waals surface area contributed by atoms with Gasteiger partial charge in [0.25, 0.3) is 0 Å². The summed E-state index contributed by atoms with van der Waals surface area (Å²) in [6, 6.07) is 9.75. The van der Waals surface area contributed by atoms with Gasteiger partial charge in [0.15, 0.2) is 0 Å². The Balaban J connectivity index is 1.50. The first-order valence-electron chi connectivity index (χ1n) is 12.8. The number of halogens is 1. The van der Waals surface area contributed by atoms with Gasteiger partial charge in [-0.05, 0) is 67.3 Å². The third-order valence-corrected chi connectivity index (χ3v) is 8.19. The van der Waals surface area contributed by atoms with Crippen molar-refractivity contribution in [1.29, 1.82) is 0 Å². The minimum atomic E-state index is -0.165. The summed E-state index contributed by atoms with van der Waals surface area (Å²) in [5, 5.41) is 5.96. The van der Waals surface area contributed by atoms with Gasteiger partial charge >= 0.3 is 6.03 Å². The van der Waals surface area contributed by atoms with Crippen LogP contribution in [0, 0.1) is 0 Å². The van der Waals surface area contributed by atoms with Gasteiger partial charge in [0.1, 0.15) is 6.54 Å². The van der Waals surface area contributed by atoms with Crippen molar-refractivity contribution >= 4 is 34.9 Å². The molecule has 1 saturated carbocycles. The molecule has 190 valence electrons. The lowest BCUT2D eigenvalue weighted by atomic mass is 9.93. The number of amides is 3. The molecule has 6 nitrogen and oxygen atoms in total. The molecule has 8 heteroatoms. The monoisotopic (exact) mass is 517 g/mol. The molecule has 1 aromatic heterocycles. The Morgan fingerprint density at radius 2 is 1.94 bits per heavy atom. The van der Waals surface area contributed by atoms with Crippen molar-refractivity contribution in [3.8, 4) is 0 Å². The summed E-state index contributed by atoms with van der Waals surface area (Å²) in [6.45, 7) is 4.38. The topological polar surface area (TPSA) is 61.9 Å². The van der Waals surface area contributed by atoms with Crippen molar-refractivity contribution in [3.05, 3.63) is 56.7 Å². The first-order valence-corrected chi connectivity index (χ1v) is 14.1. The van der Waals surface area contributed by atoms with E-state index in [4.69, 9.17) is 16.3 Å². The largest absolute Gasteiger partial charge is 0.382 e. The summed E-state index contributed by atoms with van der Waals surface area (Å²) >= 11 is 7.89. The summed E-state index contributed by atoms with van der Waals surface area (Å²) < 4.78 is 5.49. The molecule has 1 unspecified atom stereocenters. The molecule has 1 aliphatic carbocycles. The van der Waals surface area contributed by atoms with Crippen LogP contribution in [0.25, 0.3) is 0 Å². The lowest BCUT2D eigenvalue weighted by molar-refractivity contribution is -0.134. The molecule has 2 heterocycles. The number of hydrogen-bond acceptors (Lipinski definition) is 4. The summed E-state index contributed by atoms with van der Waals surface area (Å²) in [7, 11) is 0. The minimum absolute atomic E-state index is 0.0306. The molecule has 1 aliphatic heterocycles. The highest BCUT2D eigenvalue weighted by Gasteiger charge is 2.34. The molecule has 1 aromatic carbocycles. The molecule has 4 rings (SSSR count). The fourth-order valence-electron chi connectivity index (χ4n) is 5.11. The second kappa shape index (κ2) is 12.7. The number of ether oxygens (including phenoxy) is 1. The maximum absolute atomic E-state index is 13.7. The van der Waals surface area contributed by atoms with Crippen LogP contribution in [0.1, 0.15) is 67.5 Å². The van der Waals surface area contributed by atoms with Crippen molar-refractivity contribution in [2.75, 3.05) is 32.8 Å². The number of thiophene rings is 1. The van der Waals surface area contributed by atoms with Crippen LogP contribution in [-0.2, 0) is 16.0 Å². The molecule has 2 aliphatic rings. The Hall–Kier alpha value is -2.09. The number of nitrogens with zero attached hydrogens (tertiary/aromatic N) is 2. The van der Waals surface area contributed by atoms with Crippen molar-refractivity contribution in [2.45, 2.75) is 64.0 Å². The quantitative estimate of drug-likeness (QED) is 0.437. The first kappa shape index (κ1) is 26.0. The molecule has 0 radical (unpaired) electrons. The normalized spacial score (nSPS) is 18.2. The SMILES string of the molecule is CCOCCCN(CC(=O)N1CCc2sccc2C1c1ccc(Cl)cc1)C(=O)NC1CCCCC1. The van der Waals surface area contributed by atoms with Crippen LogP contribution in [0.2, 0.25) is 5.02 Å². The van der Waals surface area contributed by atoms with Gasteiger partial charge in [0.05, 0.1) is 6.04 Å². The zero-order valence-corrected chi connectivity index (χ0v) is 22.1. The average Bonchev–Trinajstić information content (AvgIpc) is 3.35. The number of carbonyl (C=O) groups excluding carboxylic acids is 2. The number of fused-ring (bicyclic) bond motifs is 1. The predicted octanol–water partition coefficient (Wildman–Crippen LogP) is 5.65. The van der Waals surface area contributed by atoms with E-state index < -0.39 is 0 Å². The van der Waals surface area contributed by atoms with Crippen molar-refractivity contribution < 1.29 is 14.3 Å². The molecule has 35 heavy (non-hydrogen) atoms. The number of carbonyl (C=O) groups is 2. The van der Waals surface area contributed by atoms with Gasteiger partial charge < -0.3 is 19.9 Å². The van der Waals surface area contributed by atoms with E-state index in [1.807, 2.05) is 36.1 Å². The first-order chi connectivity index (χ1) is 17.1. The fraction of sp³-hybridized carbons (Fsp3) is 0.556. The third kappa shape index (κ3) is 6.78. The van der Waals surface area contributed by atoms with Crippen LogP contribution in [-0.4, -0.2) is 60.6 Å². The van der Waals surface area contributed by atoms with Gasteiger partial charge in [-0.25, -0.2) is 4.79 Å². The van der Waals surface area contributed by atoms with Crippen LogP contribution < -0.4 is 5.32 Å². The Bertz CT molecular complexity index is 974. The summed E-state index contributed by atoms with van der Waals surface area (Å²) in [5.41, 5.74) is 2.21. The molecular formula is C27H36ClN3O3S. The predicted molar refractivity (Wildman–Crippen MR) is 141 cm³/mol. The van der Waals surface area contributed by atoms with Gasteiger partial charge in [-0.2, -0.15) is 0 Å². The van der Waals surface area contributed by atoms with E-state index in [1.54, 1.807) is 16.2 Å². The summed E-state index contributed by atoms with van der Waals surface area (Å²) in [5.74, 6) is -0.0306. The third-order valence-electron chi connectivity index (χ3n) is 6.94. The molecule has 0 spiro atoms. The second-order valence-electron chi connectivity index (χ2n) is 9.35. The average molecular weight is 518 g/mol. The molecule has 0 bridgehead atoms. The van der Waals surface area contributed by atoms with Crippen LogP contribution in [0.5, 0.6) is 0 Å². The molecule has 1 fully saturated rings. The smallest absolute Gasteiger partial charge is 0.318 e.